The second-order valence-corrected chi connectivity index (χ2v) is 6.72. The monoisotopic (exact) mass is 386 g/mol. The zero-order chi connectivity index (χ0) is 18.4. The summed E-state index contributed by atoms with van der Waals surface area (Å²) >= 11 is 11.9. The van der Waals surface area contributed by atoms with E-state index in [1.807, 2.05) is 0 Å². The van der Waals surface area contributed by atoms with Crippen molar-refractivity contribution in [2.75, 3.05) is 18.4 Å². The number of nitrogens with zero attached hydrogens (tertiary/aromatic N) is 1. The van der Waals surface area contributed by atoms with E-state index in [0.29, 0.717) is 28.7 Å². The zero-order valence-electron chi connectivity index (χ0n) is 13.9. The van der Waals surface area contributed by atoms with Gasteiger partial charge < -0.3 is 15.0 Å². The van der Waals surface area contributed by atoms with Crippen molar-refractivity contribution in [2.24, 2.45) is 0 Å². The van der Waals surface area contributed by atoms with E-state index in [1.165, 1.54) is 17.9 Å². The van der Waals surface area contributed by atoms with Crippen molar-refractivity contribution in [3.63, 3.8) is 0 Å². The van der Waals surface area contributed by atoms with Gasteiger partial charge in [0.05, 0.1) is 10.7 Å². The van der Waals surface area contributed by atoms with Crippen LogP contribution >= 0.6 is 23.2 Å². The van der Waals surface area contributed by atoms with E-state index in [1.54, 1.807) is 12.1 Å². The minimum absolute atomic E-state index is 0.0581. The average molecular weight is 387 g/mol. The molecule has 1 saturated heterocycles. The molecule has 136 valence electrons. The Bertz CT molecular complexity index is 666. The molecule has 2 rings (SSSR count). The molecule has 1 aromatic carbocycles. The molecule has 0 saturated carbocycles. The molecule has 8 heteroatoms. The van der Waals surface area contributed by atoms with E-state index in [0.717, 1.165) is 19.3 Å². The largest absolute Gasteiger partial charge is 0.451 e. The van der Waals surface area contributed by atoms with E-state index in [2.05, 4.69) is 5.32 Å². The minimum atomic E-state index is -1.02. The fourth-order valence-corrected chi connectivity index (χ4v) is 2.81. The molecule has 0 spiro atoms. The Balaban J connectivity index is 1.88. The van der Waals surface area contributed by atoms with Crippen molar-refractivity contribution in [1.82, 2.24) is 4.90 Å². The van der Waals surface area contributed by atoms with E-state index in [-0.39, 0.29) is 12.5 Å². The Hall–Kier alpha value is -1.79. The molecule has 6 nitrogen and oxygen atoms in total. The lowest BCUT2D eigenvalue weighted by Gasteiger charge is -2.21. The van der Waals surface area contributed by atoms with Gasteiger partial charge in [-0.05, 0) is 38.0 Å². The van der Waals surface area contributed by atoms with Crippen molar-refractivity contribution in [1.29, 1.82) is 0 Å². The van der Waals surface area contributed by atoms with Gasteiger partial charge in [0.15, 0.2) is 6.10 Å². The Morgan fingerprint density at radius 2 is 2.04 bits per heavy atom. The van der Waals surface area contributed by atoms with Crippen LogP contribution in [0.3, 0.4) is 0 Å². The number of carbonyl (C=O) groups excluding carboxylic acids is 3. The van der Waals surface area contributed by atoms with Crippen molar-refractivity contribution >= 4 is 46.7 Å². The summed E-state index contributed by atoms with van der Waals surface area (Å²) < 4.78 is 5.13. The second-order valence-electron chi connectivity index (χ2n) is 5.87. The normalized spacial score (nSPS) is 16.1. The molecule has 1 atom stereocenters. The SMILES string of the molecule is C[C@@H](OC(=O)CN1CCCCCC1=O)C(=O)Nc1cc(Cl)ccc1Cl. The quantitative estimate of drug-likeness (QED) is 0.787. The van der Waals surface area contributed by atoms with Crippen LogP contribution in [0.5, 0.6) is 0 Å². The fourth-order valence-electron chi connectivity index (χ4n) is 2.48. The van der Waals surface area contributed by atoms with Gasteiger partial charge in [-0.3, -0.25) is 14.4 Å². The Morgan fingerprint density at radius 1 is 1.28 bits per heavy atom. The highest BCUT2D eigenvalue weighted by atomic mass is 35.5. The maximum atomic E-state index is 12.2. The number of amides is 2. The molecule has 0 bridgehead atoms. The topological polar surface area (TPSA) is 75.7 Å². The van der Waals surface area contributed by atoms with E-state index >= 15 is 0 Å². The van der Waals surface area contributed by atoms with Crippen molar-refractivity contribution in [2.45, 2.75) is 38.7 Å². The number of anilines is 1. The smallest absolute Gasteiger partial charge is 0.326 e. The van der Waals surface area contributed by atoms with Gasteiger partial charge in [-0.25, -0.2) is 0 Å². The number of halogens is 2. The van der Waals surface area contributed by atoms with Crippen LogP contribution in [-0.2, 0) is 19.1 Å². The van der Waals surface area contributed by atoms with Gasteiger partial charge in [0, 0.05) is 18.0 Å². The summed E-state index contributed by atoms with van der Waals surface area (Å²) in [5, 5.41) is 3.31. The number of hydrogen-bond donors (Lipinski definition) is 1. The summed E-state index contributed by atoms with van der Waals surface area (Å²) in [4.78, 5) is 37.5. The molecule has 0 aromatic heterocycles. The van der Waals surface area contributed by atoms with Gasteiger partial charge in [0.2, 0.25) is 5.91 Å². The number of rotatable bonds is 5. The van der Waals surface area contributed by atoms with Crippen LogP contribution in [0.2, 0.25) is 10.0 Å². The van der Waals surface area contributed by atoms with Crippen LogP contribution in [0, 0.1) is 0 Å². The molecule has 1 aliphatic heterocycles. The molecule has 1 fully saturated rings. The zero-order valence-corrected chi connectivity index (χ0v) is 15.4. The van der Waals surface area contributed by atoms with Gasteiger partial charge in [-0.15, -0.1) is 0 Å². The first-order valence-electron chi connectivity index (χ1n) is 8.10. The Morgan fingerprint density at radius 3 is 2.80 bits per heavy atom. The molecule has 1 heterocycles. The second kappa shape index (κ2) is 9.06. The van der Waals surface area contributed by atoms with E-state index in [9.17, 15) is 14.4 Å². The van der Waals surface area contributed by atoms with Crippen LogP contribution in [0.25, 0.3) is 0 Å². The third kappa shape index (κ3) is 5.90. The van der Waals surface area contributed by atoms with Gasteiger partial charge in [0.1, 0.15) is 6.54 Å². The van der Waals surface area contributed by atoms with Crippen molar-refractivity contribution in [3.8, 4) is 0 Å². The number of carbonyl (C=O) groups is 3. The first-order chi connectivity index (χ1) is 11.9. The Labute approximate surface area is 156 Å². The van der Waals surface area contributed by atoms with Gasteiger partial charge in [-0.1, -0.05) is 29.6 Å². The third-order valence-corrected chi connectivity index (χ3v) is 4.42. The molecule has 1 N–H and O–H groups in total. The van der Waals surface area contributed by atoms with Crippen LogP contribution in [-0.4, -0.2) is 41.9 Å². The summed E-state index contributed by atoms with van der Waals surface area (Å²) in [6.07, 6.45) is 2.09. The number of nitrogens with one attached hydrogen (secondary N) is 1. The average Bonchev–Trinajstić information content (AvgIpc) is 2.75. The lowest BCUT2D eigenvalue weighted by molar-refractivity contribution is -0.156. The number of esters is 1. The van der Waals surface area contributed by atoms with Crippen molar-refractivity contribution in [3.05, 3.63) is 28.2 Å². The van der Waals surface area contributed by atoms with Crippen LogP contribution in [0.15, 0.2) is 18.2 Å². The molecule has 1 aromatic rings. The van der Waals surface area contributed by atoms with Crippen LogP contribution in [0.1, 0.15) is 32.6 Å². The molecular formula is C17H20Cl2N2O4. The maximum absolute atomic E-state index is 12.2. The first-order valence-corrected chi connectivity index (χ1v) is 8.85. The van der Waals surface area contributed by atoms with Gasteiger partial charge in [-0.2, -0.15) is 0 Å². The molecule has 0 aliphatic carbocycles. The lowest BCUT2D eigenvalue weighted by atomic mass is 10.2. The molecule has 0 radical (unpaired) electrons. The van der Waals surface area contributed by atoms with Crippen LogP contribution in [0.4, 0.5) is 5.69 Å². The highest BCUT2D eigenvalue weighted by molar-refractivity contribution is 6.35. The number of likely N-dealkylation sites (tertiary alicyclic amines) is 1. The van der Waals surface area contributed by atoms with E-state index < -0.39 is 18.0 Å². The van der Waals surface area contributed by atoms with Crippen molar-refractivity contribution < 1.29 is 19.1 Å². The third-order valence-electron chi connectivity index (χ3n) is 3.86. The molecule has 25 heavy (non-hydrogen) atoms. The minimum Gasteiger partial charge on any atom is -0.451 e. The predicted octanol–water partition coefficient (Wildman–Crippen LogP) is 3.27. The van der Waals surface area contributed by atoms with Gasteiger partial charge in [0.25, 0.3) is 5.91 Å². The standard InChI is InChI=1S/C17H20Cl2N2O4/c1-11(17(24)20-14-9-12(18)6-7-13(14)19)25-16(23)10-21-8-4-2-3-5-15(21)22/h6-7,9,11H,2-5,8,10H2,1H3,(H,20,24)/t11-/m1/s1. The maximum Gasteiger partial charge on any atom is 0.326 e. The molecule has 2 amide bonds. The molecule has 1 aliphatic rings. The summed E-state index contributed by atoms with van der Waals surface area (Å²) in [6.45, 7) is 1.84. The summed E-state index contributed by atoms with van der Waals surface area (Å²) in [6, 6.07) is 4.66. The van der Waals surface area contributed by atoms with Gasteiger partial charge >= 0.3 is 5.97 Å². The lowest BCUT2D eigenvalue weighted by Crippen LogP contribution is -2.38. The highest BCUT2D eigenvalue weighted by Crippen LogP contribution is 2.25. The highest BCUT2D eigenvalue weighted by Gasteiger charge is 2.23. The summed E-state index contributed by atoms with van der Waals surface area (Å²) in [7, 11) is 0. The molecular weight excluding hydrogens is 367 g/mol. The van der Waals surface area contributed by atoms with E-state index in [4.69, 9.17) is 27.9 Å². The Kier molecular flexibility index (Phi) is 7.08. The first kappa shape index (κ1) is 19.5. The number of hydrogen-bond acceptors (Lipinski definition) is 4. The summed E-state index contributed by atoms with van der Waals surface area (Å²) in [5.74, 6) is -1.20. The molecule has 0 unspecified atom stereocenters. The predicted molar refractivity (Wildman–Crippen MR) is 95.7 cm³/mol. The van der Waals surface area contributed by atoms with Crippen LogP contribution < -0.4 is 5.32 Å². The fraction of sp³-hybridized carbons (Fsp3) is 0.471. The number of benzene rings is 1. The number of ether oxygens (including phenoxy) is 1. The summed E-state index contributed by atoms with van der Waals surface area (Å²) in [5.41, 5.74) is 0.338.